The lowest BCUT2D eigenvalue weighted by molar-refractivity contribution is -0.136. The molecule has 0 aliphatic carbocycles. The first-order valence-corrected chi connectivity index (χ1v) is 14.1. The zero-order valence-electron chi connectivity index (χ0n) is 24.3. The molecule has 0 aromatic heterocycles. The Bertz CT molecular complexity index is 1040. The van der Waals surface area contributed by atoms with Crippen molar-refractivity contribution in [2.75, 3.05) is 11.9 Å². The summed E-state index contributed by atoms with van der Waals surface area (Å²) in [4.78, 5) is 37.2. The van der Waals surface area contributed by atoms with Crippen LogP contribution in [0.2, 0.25) is 0 Å². The number of benzene rings is 1. The van der Waals surface area contributed by atoms with Crippen molar-refractivity contribution in [1.82, 2.24) is 5.32 Å². The molecule has 0 spiro atoms. The molecule has 2 atom stereocenters. The fourth-order valence-corrected chi connectivity index (χ4v) is 3.74. The third-order valence-corrected chi connectivity index (χ3v) is 5.82. The maximum absolute atomic E-state index is 13.0. The Hall–Kier alpha value is -3.65. The van der Waals surface area contributed by atoms with Crippen LogP contribution < -0.4 is 10.6 Å². The Kier molecular flexibility index (Phi) is 17.4. The normalized spacial score (nSPS) is 13.5. The summed E-state index contributed by atoms with van der Waals surface area (Å²) in [5.41, 5.74) is -0.112. The van der Waals surface area contributed by atoms with Crippen molar-refractivity contribution >= 4 is 23.5 Å². The van der Waals surface area contributed by atoms with E-state index >= 15 is 0 Å². The minimum atomic E-state index is -1.31. The number of hydrogen-bond acceptors (Lipinski definition) is 5. The summed E-state index contributed by atoms with van der Waals surface area (Å²) in [5, 5.41) is 24.3. The van der Waals surface area contributed by atoms with E-state index in [0.717, 1.165) is 25.7 Å². The monoisotopic (exact) mass is 554 g/mol. The number of carbonyl (C=O) groups excluding carboxylic acids is 2. The molecule has 0 aliphatic rings. The van der Waals surface area contributed by atoms with Crippen molar-refractivity contribution in [3.63, 3.8) is 0 Å². The van der Waals surface area contributed by atoms with Crippen LogP contribution in [0.15, 0.2) is 66.8 Å². The number of rotatable bonds is 19. The summed E-state index contributed by atoms with van der Waals surface area (Å²) >= 11 is 0. The van der Waals surface area contributed by atoms with Gasteiger partial charge in [-0.3, -0.25) is 9.59 Å². The van der Waals surface area contributed by atoms with Crippen LogP contribution in [0.5, 0.6) is 5.75 Å². The first-order chi connectivity index (χ1) is 19.2. The van der Waals surface area contributed by atoms with E-state index in [4.69, 9.17) is 4.74 Å². The van der Waals surface area contributed by atoms with Gasteiger partial charge in [-0.15, -0.1) is 0 Å². The summed E-state index contributed by atoms with van der Waals surface area (Å²) < 4.78 is 5.79. The van der Waals surface area contributed by atoms with Crippen molar-refractivity contribution in [1.29, 1.82) is 0 Å². The van der Waals surface area contributed by atoms with E-state index in [2.05, 4.69) is 60.1 Å². The molecule has 0 saturated heterocycles. The third kappa shape index (κ3) is 14.5. The Labute approximate surface area is 238 Å². The van der Waals surface area contributed by atoms with Gasteiger partial charge in [0.25, 0.3) is 0 Å². The maximum atomic E-state index is 13.0. The predicted molar refractivity (Wildman–Crippen MR) is 160 cm³/mol. The van der Waals surface area contributed by atoms with E-state index in [9.17, 15) is 24.6 Å². The first kappa shape index (κ1) is 34.4. The molecule has 4 N–H and O–H groups in total. The molecule has 0 saturated carbocycles. The molecule has 8 heteroatoms. The minimum Gasteiger partial charge on any atom is -0.507 e. The van der Waals surface area contributed by atoms with Crippen LogP contribution in [0.1, 0.15) is 83.0 Å². The number of amides is 2. The van der Waals surface area contributed by atoms with Gasteiger partial charge in [-0.05, 0) is 69.1 Å². The molecule has 0 heterocycles. The topological polar surface area (TPSA) is 125 Å². The van der Waals surface area contributed by atoms with Gasteiger partial charge in [0, 0.05) is 5.69 Å². The molecule has 1 aromatic carbocycles. The number of phenols is 1. The van der Waals surface area contributed by atoms with Gasteiger partial charge in [0.05, 0.1) is 6.61 Å². The number of aromatic hydroxyl groups is 1. The quantitative estimate of drug-likeness (QED) is 0.0873. The van der Waals surface area contributed by atoms with Crippen molar-refractivity contribution < 1.29 is 29.3 Å². The second-order valence-electron chi connectivity index (χ2n) is 9.77. The fourth-order valence-electron chi connectivity index (χ4n) is 3.74. The van der Waals surface area contributed by atoms with E-state index in [0.29, 0.717) is 25.9 Å². The van der Waals surface area contributed by atoms with Gasteiger partial charge in [-0.1, -0.05) is 76.3 Å². The van der Waals surface area contributed by atoms with Crippen LogP contribution in [-0.4, -0.2) is 46.7 Å². The predicted octanol–water partition coefficient (Wildman–Crippen LogP) is 6.55. The van der Waals surface area contributed by atoms with Crippen LogP contribution in [0.25, 0.3) is 0 Å². The lowest BCUT2D eigenvalue weighted by atomic mass is 10.0. The molecular weight excluding hydrogens is 508 g/mol. The third-order valence-electron chi connectivity index (χ3n) is 5.82. The number of carboxylic acid groups (broad SMARTS) is 1. The average Bonchev–Trinajstić information content (AvgIpc) is 2.91. The smallest absolute Gasteiger partial charge is 0.339 e. The number of nitrogens with one attached hydrogen (secondary N) is 2. The van der Waals surface area contributed by atoms with E-state index in [-0.39, 0.29) is 23.1 Å². The molecule has 2 amide bonds. The van der Waals surface area contributed by atoms with Crippen molar-refractivity contribution in [3.8, 4) is 5.75 Å². The standard InChI is InChI=1S/C32H46N2O6/c1-5-7-8-9-10-11-12-13-14-15-16-17-18-21-40-29(6-2)31(37)34-27(22-24(3)4)30(36)33-25-19-20-28(35)26(23-25)32(38)39/h7-8,10-11,13-14,16-17,19-20,23-24,27,29,35H,5-6,9,12,15,18,21-22H2,1-4H3,(H,33,36)(H,34,37)(H,38,39). The number of allylic oxidation sites excluding steroid dienone is 7. The molecule has 40 heavy (non-hydrogen) atoms. The summed E-state index contributed by atoms with van der Waals surface area (Å²) in [6.07, 6.45) is 21.6. The summed E-state index contributed by atoms with van der Waals surface area (Å²) in [5.74, 6) is -2.44. The van der Waals surface area contributed by atoms with E-state index < -0.39 is 29.8 Å². The average molecular weight is 555 g/mol. The number of aromatic carboxylic acids is 1. The number of anilines is 1. The van der Waals surface area contributed by atoms with Crippen LogP contribution in [0.3, 0.4) is 0 Å². The first-order valence-electron chi connectivity index (χ1n) is 14.1. The number of hydrogen-bond donors (Lipinski definition) is 4. The van der Waals surface area contributed by atoms with Crippen molar-refractivity contribution in [2.45, 2.75) is 84.8 Å². The number of carboxylic acids is 1. The molecular formula is C32H46N2O6. The highest BCUT2D eigenvalue weighted by Crippen LogP contribution is 2.22. The highest BCUT2D eigenvalue weighted by molar-refractivity contribution is 5.99. The molecule has 0 fully saturated rings. The summed E-state index contributed by atoms with van der Waals surface area (Å²) in [6, 6.07) is 2.95. The Morgan fingerprint density at radius 1 is 0.900 bits per heavy atom. The van der Waals surface area contributed by atoms with Crippen LogP contribution in [0.4, 0.5) is 5.69 Å². The van der Waals surface area contributed by atoms with Gasteiger partial charge < -0.3 is 25.6 Å². The van der Waals surface area contributed by atoms with Crippen molar-refractivity contribution in [3.05, 3.63) is 72.4 Å². The minimum absolute atomic E-state index is 0.115. The Balaban J connectivity index is 2.54. The molecule has 0 aliphatic heterocycles. The zero-order valence-corrected chi connectivity index (χ0v) is 24.3. The van der Waals surface area contributed by atoms with Gasteiger partial charge in [-0.25, -0.2) is 4.79 Å². The molecule has 8 nitrogen and oxygen atoms in total. The van der Waals surface area contributed by atoms with Crippen LogP contribution in [-0.2, 0) is 14.3 Å². The highest BCUT2D eigenvalue weighted by atomic mass is 16.5. The zero-order chi connectivity index (χ0) is 29.8. The second-order valence-corrected chi connectivity index (χ2v) is 9.77. The number of ether oxygens (including phenoxy) is 1. The fraction of sp³-hybridized carbons (Fsp3) is 0.469. The van der Waals surface area contributed by atoms with E-state index in [1.54, 1.807) is 0 Å². The number of carbonyl (C=O) groups is 3. The Morgan fingerprint density at radius 3 is 2.05 bits per heavy atom. The lowest BCUT2D eigenvalue weighted by Crippen LogP contribution is -2.48. The van der Waals surface area contributed by atoms with Gasteiger partial charge in [0.2, 0.25) is 11.8 Å². The lowest BCUT2D eigenvalue weighted by Gasteiger charge is -2.23. The van der Waals surface area contributed by atoms with E-state index in [1.807, 2.05) is 26.8 Å². The second kappa shape index (κ2) is 20.3. The maximum Gasteiger partial charge on any atom is 0.339 e. The molecule has 2 unspecified atom stereocenters. The van der Waals surface area contributed by atoms with Crippen molar-refractivity contribution in [2.24, 2.45) is 5.92 Å². The molecule has 220 valence electrons. The molecule has 1 rings (SSSR count). The largest absolute Gasteiger partial charge is 0.507 e. The SMILES string of the molecule is CCC=CCC=CCC=CCC=CCCOC(CC)C(=O)NC(CC(C)C)C(=O)Nc1ccc(O)c(C(=O)O)c1. The van der Waals surface area contributed by atoms with Gasteiger partial charge in [0.1, 0.15) is 23.5 Å². The van der Waals surface area contributed by atoms with Gasteiger partial charge >= 0.3 is 5.97 Å². The van der Waals surface area contributed by atoms with Crippen LogP contribution in [0, 0.1) is 5.92 Å². The molecule has 0 radical (unpaired) electrons. The molecule has 0 bridgehead atoms. The van der Waals surface area contributed by atoms with E-state index in [1.165, 1.54) is 18.2 Å². The summed E-state index contributed by atoms with van der Waals surface area (Å²) in [7, 11) is 0. The highest BCUT2D eigenvalue weighted by Gasteiger charge is 2.26. The summed E-state index contributed by atoms with van der Waals surface area (Å²) in [6.45, 7) is 8.23. The van der Waals surface area contributed by atoms with Gasteiger partial charge in [-0.2, -0.15) is 0 Å². The molecule has 1 aromatic rings. The Morgan fingerprint density at radius 2 is 1.50 bits per heavy atom. The van der Waals surface area contributed by atoms with Gasteiger partial charge in [0.15, 0.2) is 0 Å². The van der Waals surface area contributed by atoms with Crippen LogP contribution >= 0.6 is 0 Å².